The zero-order valence-electron chi connectivity index (χ0n) is 13.0. The van der Waals surface area contributed by atoms with E-state index in [1.54, 1.807) is 6.26 Å². The minimum atomic E-state index is -0.819. The van der Waals surface area contributed by atoms with Crippen LogP contribution in [0.1, 0.15) is 41.0 Å². The van der Waals surface area contributed by atoms with Crippen molar-refractivity contribution in [1.82, 2.24) is 10.2 Å². The third kappa shape index (κ3) is 4.02. The summed E-state index contributed by atoms with van der Waals surface area (Å²) in [5.74, 6) is 0.884. The maximum absolute atomic E-state index is 12.4. The highest BCUT2D eigenvalue weighted by Crippen LogP contribution is 2.22. The van der Waals surface area contributed by atoms with Crippen LogP contribution in [-0.2, 0) is 15.6 Å². The van der Waals surface area contributed by atoms with Gasteiger partial charge in [-0.25, -0.2) is 0 Å². The molecule has 4 nitrogen and oxygen atoms in total. The van der Waals surface area contributed by atoms with Crippen LogP contribution in [0.3, 0.4) is 0 Å². The molecule has 19 heavy (non-hydrogen) atoms. The largest absolute Gasteiger partial charge is 0.325 e. The molecule has 0 saturated carbocycles. The first-order valence-electron chi connectivity index (χ1n) is 7.14. The van der Waals surface area contributed by atoms with Crippen LogP contribution < -0.4 is 5.32 Å². The Balaban J connectivity index is 2.72. The zero-order valence-corrected chi connectivity index (χ0v) is 13.8. The molecule has 0 aromatic carbocycles. The Hall–Kier alpha value is -0.420. The molecule has 0 aromatic rings. The summed E-state index contributed by atoms with van der Waals surface area (Å²) < 4.78 is 11.4. The SMILES string of the molecule is CC(C)C1NC(C(C)C)N(CCC(C)S(C)=O)C1=O. The molecular weight excluding hydrogens is 260 g/mol. The van der Waals surface area contributed by atoms with E-state index in [1.807, 2.05) is 11.8 Å². The van der Waals surface area contributed by atoms with E-state index in [4.69, 9.17) is 0 Å². The molecule has 1 amide bonds. The predicted octanol–water partition coefficient (Wildman–Crippen LogP) is 1.58. The summed E-state index contributed by atoms with van der Waals surface area (Å²) >= 11 is 0. The molecule has 5 heteroatoms. The zero-order chi connectivity index (χ0) is 14.7. The fraction of sp³-hybridized carbons (Fsp3) is 0.929. The van der Waals surface area contributed by atoms with Crippen molar-refractivity contribution in [3.8, 4) is 0 Å². The monoisotopic (exact) mass is 288 g/mol. The van der Waals surface area contributed by atoms with Crippen molar-refractivity contribution in [1.29, 1.82) is 0 Å². The Morgan fingerprint density at radius 2 is 1.79 bits per heavy atom. The number of nitrogens with zero attached hydrogens (tertiary/aromatic N) is 1. The minimum absolute atomic E-state index is 0.0742. The molecule has 4 unspecified atom stereocenters. The van der Waals surface area contributed by atoms with Crippen molar-refractivity contribution in [3.63, 3.8) is 0 Å². The third-order valence-corrected chi connectivity index (χ3v) is 5.25. The first-order chi connectivity index (χ1) is 8.75. The summed E-state index contributed by atoms with van der Waals surface area (Å²) in [4.78, 5) is 14.4. The fourth-order valence-electron chi connectivity index (χ4n) is 2.43. The van der Waals surface area contributed by atoms with Gasteiger partial charge in [0, 0.05) is 28.9 Å². The summed E-state index contributed by atoms with van der Waals surface area (Å²) in [7, 11) is -0.819. The summed E-state index contributed by atoms with van der Waals surface area (Å²) in [6, 6.07) is -0.0742. The quantitative estimate of drug-likeness (QED) is 0.807. The summed E-state index contributed by atoms with van der Waals surface area (Å²) in [5, 5.41) is 3.58. The van der Waals surface area contributed by atoms with E-state index in [0.29, 0.717) is 18.4 Å². The van der Waals surface area contributed by atoms with Crippen LogP contribution in [0.15, 0.2) is 0 Å². The van der Waals surface area contributed by atoms with Gasteiger partial charge in [-0.05, 0) is 18.3 Å². The van der Waals surface area contributed by atoms with E-state index in [0.717, 1.165) is 6.42 Å². The summed E-state index contributed by atoms with van der Waals surface area (Å²) in [6.07, 6.45) is 2.63. The number of carbonyl (C=O) groups is 1. The molecule has 1 rings (SSSR count). The second-order valence-electron chi connectivity index (χ2n) is 6.21. The highest BCUT2D eigenvalue weighted by Gasteiger charge is 2.41. The van der Waals surface area contributed by atoms with Crippen molar-refractivity contribution < 1.29 is 9.00 Å². The van der Waals surface area contributed by atoms with Crippen LogP contribution in [-0.4, -0.2) is 45.3 Å². The molecule has 0 aromatic heterocycles. The van der Waals surface area contributed by atoms with Gasteiger partial charge >= 0.3 is 0 Å². The van der Waals surface area contributed by atoms with Crippen molar-refractivity contribution in [2.45, 2.75) is 58.5 Å². The van der Waals surface area contributed by atoms with E-state index < -0.39 is 10.8 Å². The fourth-order valence-corrected chi connectivity index (χ4v) is 2.86. The van der Waals surface area contributed by atoms with Gasteiger partial charge in [-0.3, -0.25) is 14.3 Å². The molecule has 0 radical (unpaired) electrons. The number of hydrogen-bond acceptors (Lipinski definition) is 3. The van der Waals surface area contributed by atoms with Gasteiger partial charge in [-0.2, -0.15) is 0 Å². The molecule has 1 N–H and O–H groups in total. The first-order valence-corrected chi connectivity index (χ1v) is 8.76. The van der Waals surface area contributed by atoms with Crippen molar-refractivity contribution >= 4 is 16.7 Å². The molecule has 0 bridgehead atoms. The van der Waals surface area contributed by atoms with Crippen LogP contribution in [0.2, 0.25) is 0 Å². The minimum Gasteiger partial charge on any atom is -0.325 e. The maximum atomic E-state index is 12.4. The van der Waals surface area contributed by atoms with Crippen molar-refractivity contribution in [3.05, 3.63) is 0 Å². The average molecular weight is 288 g/mol. The van der Waals surface area contributed by atoms with Crippen molar-refractivity contribution in [2.24, 2.45) is 11.8 Å². The molecule has 0 spiro atoms. The van der Waals surface area contributed by atoms with Crippen LogP contribution in [0.5, 0.6) is 0 Å². The predicted molar refractivity (Wildman–Crippen MR) is 80.2 cm³/mol. The number of nitrogens with one attached hydrogen (secondary N) is 1. The molecule has 112 valence electrons. The van der Waals surface area contributed by atoms with Crippen LogP contribution in [0.25, 0.3) is 0 Å². The van der Waals surface area contributed by atoms with E-state index >= 15 is 0 Å². The Kier molecular flexibility index (Phi) is 5.99. The standard InChI is InChI=1S/C14H28N2O2S/c1-9(2)12-14(17)16(13(15-12)10(3)4)8-7-11(5)19(6)18/h9-13,15H,7-8H2,1-6H3. The lowest BCUT2D eigenvalue weighted by molar-refractivity contribution is -0.131. The lowest BCUT2D eigenvalue weighted by Crippen LogP contribution is -2.42. The lowest BCUT2D eigenvalue weighted by atomic mass is 10.0. The van der Waals surface area contributed by atoms with Gasteiger partial charge in [0.25, 0.3) is 0 Å². The second kappa shape index (κ2) is 6.84. The highest BCUT2D eigenvalue weighted by molar-refractivity contribution is 7.84. The van der Waals surface area contributed by atoms with Crippen molar-refractivity contribution in [2.75, 3.05) is 12.8 Å². The maximum Gasteiger partial charge on any atom is 0.241 e. The molecule has 1 heterocycles. The molecule has 0 aliphatic carbocycles. The Morgan fingerprint density at radius 3 is 2.21 bits per heavy atom. The Labute approximate surface area is 119 Å². The van der Waals surface area contributed by atoms with Gasteiger partial charge in [-0.1, -0.05) is 34.6 Å². The Bertz CT molecular complexity index is 344. The van der Waals surface area contributed by atoms with Gasteiger partial charge in [0.15, 0.2) is 0 Å². The van der Waals surface area contributed by atoms with Gasteiger partial charge in [-0.15, -0.1) is 0 Å². The molecule has 1 saturated heterocycles. The van der Waals surface area contributed by atoms with Gasteiger partial charge < -0.3 is 4.90 Å². The van der Waals surface area contributed by atoms with Gasteiger partial charge in [0.05, 0.1) is 12.2 Å². The van der Waals surface area contributed by atoms with E-state index in [1.165, 1.54) is 0 Å². The number of hydrogen-bond donors (Lipinski definition) is 1. The molecule has 1 aliphatic heterocycles. The molecule has 1 fully saturated rings. The molecule has 4 atom stereocenters. The normalized spacial score (nSPS) is 27.4. The second-order valence-corrected chi connectivity index (χ2v) is 8.01. The van der Waals surface area contributed by atoms with Crippen LogP contribution in [0, 0.1) is 11.8 Å². The number of amides is 1. The van der Waals surface area contributed by atoms with Crippen LogP contribution in [0.4, 0.5) is 0 Å². The van der Waals surface area contributed by atoms with Gasteiger partial charge in [0.2, 0.25) is 5.91 Å². The smallest absolute Gasteiger partial charge is 0.241 e. The third-order valence-electron chi connectivity index (χ3n) is 3.88. The number of carbonyl (C=O) groups excluding carboxylic acids is 1. The lowest BCUT2D eigenvalue weighted by Gasteiger charge is -2.28. The van der Waals surface area contributed by atoms with Crippen LogP contribution >= 0.6 is 0 Å². The molecular formula is C14H28N2O2S. The average Bonchev–Trinajstić information content (AvgIpc) is 2.63. The Morgan fingerprint density at radius 1 is 1.21 bits per heavy atom. The summed E-state index contributed by atoms with van der Waals surface area (Å²) in [5.41, 5.74) is 0. The van der Waals surface area contributed by atoms with E-state index in [-0.39, 0.29) is 23.4 Å². The van der Waals surface area contributed by atoms with E-state index in [9.17, 15) is 9.00 Å². The van der Waals surface area contributed by atoms with Gasteiger partial charge in [0.1, 0.15) is 0 Å². The first kappa shape index (κ1) is 16.6. The van der Waals surface area contributed by atoms with E-state index in [2.05, 4.69) is 33.0 Å². The summed E-state index contributed by atoms with van der Waals surface area (Å²) in [6.45, 7) is 11.1. The molecule has 1 aliphatic rings. The highest BCUT2D eigenvalue weighted by atomic mass is 32.2. The number of rotatable bonds is 6. The topological polar surface area (TPSA) is 49.4 Å².